The van der Waals surface area contributed by atoms with Gasteiger partial charge in [0.1, 0.15) is 18.1 Å². The van der Waals surface area contributed by atoms with Crippen molar-refractivity contribution >= 4 is 37.0 Å². The zero-order valence-electron chi connectivity index (χ0n) is 17.2. The third kappa shape index (κ3) is 5.28. The Labute approximate surface area is 181 Å². The quantitative estimate of drug-likeness (QED) is 0.698. The molecule has 2 N–H and O–H groups in total. The summed E-state index contributed by atoms with van der Waals surface area (Å²) in [6, 6.07) is 9.37. The van der Waals surface area contributed by atoms with E-state index >= 15 is 0 Å². The molecular weight excluding hydrogens is 444 g/mol. The van der Waals surface area contributed by atoms with Gasteiger partial charge in [-0.25, -0.2) is 16.8 Å². The Balaban J connectivity index is 0.000000176. The third-order valence-electron chi connectivity index (χ3n) is 4.69. The van der Waals surface area contributed by atoms with Crippen LogP contribution in [-0.2, 0) is 24.5 Å². The summed E-state index contributed by atoms with van der Waals surface area (Å²) >= 11 is 0. The molecule has 0 spiro atoms. The maximum Gasteiger partial charge on any atom is 0.262 e. The van der Waals surface area contributed by atoms with Gasteiger partial charge >= 0.3 is 0 Å². The van der Waals surface area contributed by atoms with E-state index in [9.17, 15) is 21.6 Å². The van der Waals surface area contributed by atoms with Gasteiger partial charge in [-0.2, -0.15) is 0 Å². The summed E-state index contributed by atoms with van der Waals surface area (Å²) in [5.74, 6) is 1.08. The summed E-state index contributed by atoms with van der Waals surface area (Å²) in [4.78, 5) is 11.6. The molecule has 0 atom stereocenters. The van der Waals surface area contributed by atoms with Crippen molar-refractivity contribution < 1.29 is 31.1 Å². The van der Waals surface area contributed by atoms with Crippen LogP contribution in [0.3, 0.4) is 0 Å². The minimum absolute atomic E-state index is 0.0284. The molecular formula is C20H24N2O7S2. The second-order valence-electron chi connectivity index (χ2n) is 6.73. The first-order valence-electron chi connectivity index (χ1n) is 9.69. The average molecular weight is 469 g/mol. The van der Waals surface area contributed by atoms with Crippen LogP contribution in [0.5, 0.6) is 11.5 Å². The van der Waals surface area contributed by atoms with E-state index in [1.807, 2.05) is 0 Å². The number of carbonyl (C=O) groups excluding carboxylic acids is 1. The number of anilines is 2. The van der Waals surface area contributed by atoms with E-state index in [0.717, 1.165) is 11.4 Å². The summed E-state index contributed by atoms with van der Waals surface area (Å²) in [7, 11) is -6.38. The van der Waals surface area contributed by atoms with E-state index in [1.54, 1.807) is 38.1 Å². The number of nitrogens with one attached hydrogen (secondary N) is 2. The van der Waals surface area contributed by atoms with Gasteiger partial charge in [-0.3, -0.25) is 4.79 Å². The molecule has 168 valence electrons. The molecule has 0 aliphatic carbocycles. The molecule has 0 saturated heterocycles. The number of benzene rings is 2. The van der Waals surface area contributed by atoms with Gasteiger partial charge in [0, 0.05) is 6.54 Å². The molecule has 1 amide bonds. The fourth-order valence-electron chi connectivity index (χ4n) is 2.90. The Kier molecular flexibility index (Phi) is 6.75. The van der Waals surface area contributed by atoms with Crippen LogP contribution in [0, 0.1) is 0 Å². The first-order valence-corrected chi connectivity index (χ1v) is 13.0. The van der Waals surface area contributed by atoms with Crippen molar-refractivity contribution in [2.24, 2.45) is 0 Å². The van der Waals surface area contributed by atoms with Crippen molar-refractivity contribution in [3.8, 4) is 11.5 Å². The van der Waals surface area contributed by atoms with Gasteiger partial charge in [0.25, 0.3) is 5.91 Å². The van der Waals surface area contributed by atoms with Crippen LogP contribution < -0.4 is 20.1 Å². The SMILES string of the molecule is CCS(=O)(=O)c1ccc2c(c1)NC(=O)CO2.CCS(=O)(=O)c1ccc2c(c1)NCCO2. The van der Waals surface area contributed by atoms with Crippen LogP contribution >= 0.6 is 0 Å². The third-order valence-corrected chi connectivity index (χ3v) is 8.15. The fraction of sp³-hybridized carbons (Fsp3) is 0.350. The molecule has 4 rings (SSSR count). The number of hydrogen-bond donors (Lipinski definition) is 2. The maximum atomic E-state index is 11.6. The number of rotatable bonds is 4. The second kappa shape index (κ2) is 9.15. The lowest BCUT2D eigenvalue weighted by Gasteiger charge is -2.19. The second-order valence-corrected chi connectivity index (χ2v) is 11.3. The van der Waals surface area contributed by atoms with Gasteiger partial charge in [-0.15, -0.1) is 0 Å². The Morgan fingerprint density at radius 1 is 0.839 bits per heavy atom. The Hall–Kier alpha value is -2.79. The number of hydrogen-bond acceptors (Lipinski definition) is 8. The molecule has 0 bridgehead atoms. The molecule has 31 heavy (non-hydrogen) atoms. The highest BCUT2D eigenvalue weighted by molar-refractivity contribution is 7.91. The van der Waals surface area contributed by atoms with Crippen LogP contribution in [0.2, 0.25) is 0 Å². The van der Waals surface area contributed by atoms with Crippen LogP contribution in [0.15, 0.2) is 46.2 Å². The summed E-state index contributed by atoms with van der Waals surface area (Å²) in [5.41, 5.74) is 1.17. The van der Waals surface area contributed by atoms with Crippen molar-refractivity contribution in [3.63, 3.8) is 0 Å². The van der Waals surface area contributed by atoms with Gasteiger partial charge in [0.15, 0.2) is 26.3 Å². The van der Waals surface area contributed by atoms with E-state index in [-0.39, 0.29) is 28.9 Å². The minimum atomic E-state index is -3.26. The van der Waals surface area contributed by atoms with Gasteiger partial charge in [-0.05, 0) is 36.4 Å². The number of carbonyl (C=O) groups is 1. The molecule has 0 radical (unpaired) electrons. The number of ether oxygens (including phenoxy) is 2. The van der Waals surface area contributed by atoms with E-state index < -0.39 is 19.7 Å². The molecule has 0 fully saturated rings. The molecule has 9 nitrogen and oxygen atoms in total. The Morgan fingerprint density at radius 3 is 1.97 bits per heavy atom. The van der Waals surface area contributed by atoms with E-state index in [0.29, 0.717) is 29.5 Å². The van der Waals surface area contributed by atoms with Gasteiger partial charge in [0.05, 0.1) is 32.7 Å². The highest BCUT2D eigenvalue weighted by Gasteiger charge is 2.20. The van der Waals surface area contributed by atoms with Crippen molar-refractivity contribution in [2.75, 3.05) is 41.9 Å². The lowest BCUT2D eigenvalue weighted by atomic mass is 10.2. The summed E-state index contributed by atoms with van der Waals surface area (Å²) in [6.45, 7) is 4.50. The largest absolute Gasteiger partial charge is 0.490 e. The molecule has 2 heterocycles. The number of sulfone groups is 2. The standard InChI is InChI=1S/C10H11NO4S.C10H13NO3S/c1-2-16(13,14)7-3-4-9-8(5-7)11-10(12)6-15-9;1-2-15(12,13)8-3-4-10-9(7-8)11-5-6-14-10/h3-5H,2,6H2,1H3,(H,11,12);3-4,7,11H,2,5-6H2,1H3. The van der Waals surface area contributed by atoms with E-state index in [1.165, 1.54) is 12.1 Å². The van der Waals surface area contributed by atoms with Crippen molar-refractivity contribution in [3.05, 3.63) is 36.4 Å². The predicted molar refractivity (Wildman–Crippen MR) is 116 cm³/mol. The van der Waals surface area contributed by atoms with E-state index in [2.05, 4.69) is 10.6 Å². The normalized spacial score (nSPS) is 15.0. The topological polar surface area (TPSA) is 128 Å². The number of amides is 1. The fourth-order valence-corrected chi connectivity index (χ4v) is 4.71. The summed E-state index contributed by atoms with van der Waals surface area (Å²) < 4.78 is 57.0. The van der Waals surface area contributed by atoms with Crippen LogP contribution in [0.25, 0.3) is 0 Å². The minimum Gasteiger partial charge on any atom is -0.490 e. The first-order chi connectivity index (χ1) is 14.7. The highest BCUT2D eigenvalue weighted by Crippen LogP contribution is 2.31. The van der Waals surface area contributed by atoms with E-state index in [4.69, 9.17) is 9.47 Å². The monoisotopic (exact) mass is 468 g/mol. The van der Waals surface area contributed by atoms with Gasteiger partial charge < -0.3 is 20.1 Å². The molecule has 2 aromatic rings. The van der Waals surface area contributed by atoms with Gasteiger partial charge in [0.2, 0.25) is 0 Å². The van der Waals surface area contributed by atoms with Crippen molar-refractivity contribution in [1.29, 1.82) is 0 Å². The molecule has 2 aliphatic heterocycles. The molecule has 2 aromatic carbocycles. The first kappa shape index (κ1) is 22.9. The lowest BCUT2D eigenvalue weighted by molar-refractivity contribution is -0.118. The predicted octanol–water partition coefficient (Wildman–Crippen LogP) is 2.10. The highest BCUT2D eigenvalue weighted by atomic mass is 32.2. The smallest absolute Gasteiger partial charge is 0.262 e. The molecule has 2 aliphatic rings. The summed E-state index contributed by atoms with van der Waals surface area (Å²) in [5, 5.41) is 5.68. The average Bonchev–Trinajstić information content (AvgIpc) is 2.78. The van der Waals surface area contributed by atoms with Crippen molar-refractivity contribution in [1.82, 2.24) is 0 Å². The van der Waals surface area contributed by atoms with Crippen LogP contribution in [-0.4, -0.2) is 54.0 Å². The van der Waals surface area contributed by atoms with Gasteiger partial charge in [-0.1, -0.05) is 13.8 Å². The number of fused-ring (bicyclic) bond motifs is 2. The van der Waals surface area contributed by atoms with Crippen LogP contribution in [0.1, 0.15) is 13.8 Å². The maximum absolute atomic E-state index is 11.6. The molecule has 0 saturated carbocycles. The molecule has 0 unspecified atom stereocenters. The lowest BCUT2D eigenvalue weighted by Crippen LogP contribution is -2.25. The Morgan fingerprint density at radius 2 is 1.39 bits per heavy atom. The zero-order chi connectivity index (χ0) is 22.6. The Bertz CT molecular complexity index is 1190. The van der Waals surface area contributed by atoms with Crippen LogP contribution in [0.4, 0.5) is 11.4 Å². The molecule has 11 heteroatoms. The molecule has 0 aromatic heterocycles. The summed E-state index contributed by atoms with van der Waals surface area (Å²) in [6.07, 6.45) is 0. The zero-order valence-corrected chi connectivity index (χ0v) is 18.8. The van der Waals surface area contributed by atoms with Crippen molar-refractivity contribution in [2.45, 2.75) is 23.6 Å².